The summed E-state index contributed by atoms with van der Waals surface area (Å²) in [7, 11) is 2.17. The lowest BCUT2D eigenvalue weighted by molar-refractivity contribution is -0.138. The number of piperidine rings is 1. The Kier molecular flexibility index (Phi) is 13.2. The van der Waals surface area contributed by atoms with Crippen LogP contribution in [-0.2, 0) is 14.3 Å². The third-order valence-corrected chi connectivity index (χ3v) is 8.69. The molecule has 0 bridgehead atoms. The highest BCUT2D eigenvalue weighted by molar-refractivity contribution is 7.99. The second kappa shape index (κ2) is 16.2. The number of likely N-dealkylation sites (tertiary alicyclic amines) is 1. The summed E-state index contributed by atoms with van der Waals surface area (Å²) in [6, 6.07) is 4.36. The van der Waals surface area contributed by atoms with Crippen LogP contribution >= 0.6 is 11.8 Å². The predicted molar refractivity (Wildman–Crippen MR) is 188 cm³/mol. The molecule has 2 aromatic rings. The Balaban J connectivity index is 0.000000568. The largest absolute Gasteiger partial charge is 0.483 e. The molecule has 5 rings (SSSR count). The molecule has 11 heteroatoms. The maximum atomic E-state index is 13.9. The maximum Gasteiger partial charge on any atom is 0.420 e. The monoisotopic (exact) mass is 657 g/mol. The summed E-state index contributed by atoms with van der Waals surface area (Å²) in [6.45, 7) is 23.6. The highest BCUT2D eigenvalue weighted by atomic mass is 32.2. The van der Waals surface area contributed by atoms with E-state index in [1.165, 1.54) is 5.56 Å². The van der Waals surface area contributed by atoms with Crippen LogP contribution in [0.1, 0.15) is 104 Å². The van der Waals surface area contributed by atoms with Gasteiger partial charge in [-0.15, -0.1) is 0 Å². The molecule has 4 heterocycles. The number of hydrogen-bond acceptors (Lipinski definition) is 10. The average Bonchev–Trinajstić information content (AvgIpc) is 3.12. The van der Waals surface area contributed by atoms with E-state index in [0.29, 0.717) is 29.6 Å². The van der Waals surface area contributed by atoms with Crippen molar-refractivity contribution in [2.75, 3.05) is 54.5 Å². The molecule has 0 radical (unpaired) electrons. The Morgan fingerprint density at radius 2 is 1.59 bits per heavy atom. The number of fused-ring (bicyclic) bond motifs is 2. The van der Waals surface area contributed by atoms with Gasteiger partial charge in [-0.25, -0.2) is 19.7 Å². The first-order valence-corrected chi connectivity index (χ1v) is 17.7. The van der Waals surface area contributed by atoms with Gasteiger partial charge in [0.05, 0.1) is 11.3 Å². The molecule has 46 heavy (non-hydrogen) atoms. The SMILES string of the molecule is CC.CC(C)(C)OC=O.Cc1cc(C2CCN(C)CC2)cc2c1OC(C)c1c(N3CCSCC3)ncnc1N2C(=O)OC(C)(C)C. The molecule has 3 aliphatic rings. The number of carbonyl (C=O) groups excluding carboxylic acids is 2. The van der Waals surface area contributed by atoms with Gasteiger partial charge in [-0.2, -0.15) is 11.8 Å². The number of amides is 1. The Hall–Kier alpha value is -3.05. The first-order valence-electron chi connectivity index (χ1n) is 16.5. The molecule has 1 atom stereocenters. The number of aromatic nitrogens is 2. The van der Waals surface area contributed by atoms with Gasteiger partial charge in [-0.3, -0.25) is 4.79 Å². The molecular formula is C35H55N5O5S. The number of carbonyl (C=O) groups is 2. The molecule has 1 aromatic carbocycles. The number of benzene rings is 1. The van der Waals surface area contributed by atoms with Gasteiger partial charge in [-0.05, 0) is 111 Å². The van der Waals surface area contributed by atoms with Crippen LogP contribution in [0.15, 0.2) is 18.5 Å². The minimum Gasteiger partial charge on any atom is -0.483 e. The molecule has 0 spiro atoms. The molecule has 10 nitrogen and oxygen atoms in total. The minimum atomic E-state index is -0.656. The lowest BCUT2D eigenvalue weighted by atomic mass is 9.88. The van der Waals surface area contributed by atoms with E-state index in [1.54, 1.807) is 11.2 Å². The fourth-order valence-electron chi connectivity index (χ4n) is 5.61. The van der Waals surface area contributed by atoms with Crippen LogP contribution in [0.4, 0.5) is 22.1 Å². The highest BCUT2D eigenvalue weighted by Gasteiger charge is 2.38. The summed E-state index contributed by atoms with van der Waals surface area (Å²) in [6.07, 6.45) is 2.97. The van der Waals surface area contributed by atoms with Crippen LogP contribution in [-0.4, -0.2) is 83.4 Å². The van der Waals surface area contributed by atoms with Gasteiger partial charge >= 0.3 is 6.09 Å². The number of aryl methyl sites for hydroxylation is 1. The van der Waals surface area contributed by atoms with Gasteiger partial charge < -0.3 is 24.0 Å². The van der Waals surface area contributed by atoms with E-state index in [-0.39, 0.29) is 11.7 Å². The topological polar surface area (TPSA) is 97.3 Å². The van der Waals surface area contributed by atoms with E-state index in [0.717, 1.165) is 67.5 Å². The lowest BCUT2D eigenvalue weighted by Gasteiger charge is -2.32. The molecular weight excluding hydrogens is 602 g/mol. The van der Waals surface area contributed by atoms with E-state index in [1.807, 2.05) is 74.1 Å². The molecule has 0 N–H and O–H groups in total. The third-order valence-electron chi connectivity index (χ3n) is 7.75. The van der Waals surface area contributed by atoms with Crippen molar-refractivity contribution in [3.63, 3.8) is 0 Å². The maximum absolute atomic E-state index is 13.9. The van der Waals surface area contributed by atoms with Crippen molar-refractivity contribution in [1.82, 2.24) is 14.9 Å². The summed E-state index contributed by atoms with van der Waals surface area (Å²) < 4.78 is 17.1. The van der Waals surface area contributed by atoms with Crippen molar-refractivity contribution in [2.45, 2.75) is 105 Å². The second-order valence-corrected chi connectivity index (χ2v) is 14.9. The molecule has 1 aromatic heterocycles. The van der Waals surface area contributed by atoms with Crippen molar-refractivity contribution < 1.29 is 23.8 Å². The van der Waals surface area contributed by atoms with Crippen LogP contribution in [0, 0.1) is 6.92 Å². The molecule has 2 saturated heterocycles. The van der Waals surface area contributed by atoms with E-state index in [2.05, 4.69) is 40.6 Å². The predicted octanol–water partition coefficient (Wildman–Crippen LogP) is 7.66. The van der Waals surface area contributed by atoms with Crippen molar-refractivity contribution in [3.05, 3.63) is 35.2 Å². The summed E-state index contributed by atoms with van der Waals surface area (Å²) in [5.74, 6) is 4.61. The number of hydrogen-bond donors (Lipinski definition) is 0. The van der Waals surface area contributed by atoms with E-state index >= 15 is 0 Å². The minimum absolute atomic E-state index is 0.318. The lowest BCUT2D eigenvalue weighted by Crippen LogP contribution is -2.37. The summed E-state index contributed by atoms with van der Waals surface area (Å²) in [4.78, 5) is 39.2. The Morgan fingerprint density at radius 1 is 0.978 bits per heavy atom. The zero-order valence-electron chi connectivity index (χ0n) is 29.8. The number of nitrogens with zero attached hydrogens (tertiary/aromatic N) is 5. The fraction of sp³-hybridized carbons (Fsp3) is 0.657. The molecule has 2 fully saturated rings. The van der Waals surface area contributed by atoms with Crippen LogP contribution < -0.4 is 14.5 Å². The standard InChI is InChI=1S/C28H39N5O3S.C5H10O2.C2H6/c1-18-15-21(20-7-9-31(6)10-8-20)16-22-24(18)35-19(2)23-25(32-11-13-37-14-12-32)29-17-30-26(23)33(22)27(34)36-28(3,4)5;1-5(2,3)7-4-6;1-2/h15-17,19-20H,7-14H2,1-6H3;4H,1-3H3;1-2H3. The van der Waals surface area contributed by atoms with Gasteiger partial charge in [0.1, 0.15) is 35.2 Å². The number of anilines is 3. The first kappa shape index (κ1) is 37.4. The Bertz CT molecular complexity index is 1310. The molecule has 3 aliphatic heterocycles. The first-order chi connectivity index (χ1) is 21.7. The van der Waals surface area contributed by atoms with Crippen molar-refractivity contribution in [1.29, 1.82) is 0 Å². The number of thioether (sulfide) groups is 1. The smallest absolute Gasteiger partial charge is 0.420 e. The normalized spacial score (nSPS) is 18.7. The fourth-order valence-corrected chi connectivity index (χ4v) is 6.52. The van der Waals surface area contributed by atoms with Crippen LogP contribution in [0.2, 0.25) is 0 Å². The molecule has 0 aliphatic carbocycles. The zero-order valence-corrected chi connectivity index (χ0v) is 30.6. The quantitative estimate of drug-likeness (QED) is 0.306. The van der Waals surface area contributed by atoms with Crippen molar-refractivity contribution >= 4 is 41.7 Å². The van der Waals surface area contributed by atoms with Crippen molar-refractivity contribution in [2.24, 2.45) is 0 Å². The van der Waals surface area contributed by atoms with Crippen LogP contribution in [0.5, 0.6) is 5.75 Å². The van der Waals surface area contributed by atoms with Crippen molar-refractivity contribution in [3.8, 4) is 5.75 Å². The number of rotatable bonds is 3. The molecule has 1 amide bonds. The Morgan fingerprint density at radius 3 is 2.13 bits per heavy atom. The van der Waals surface area contributed by atoms with E-state index in [9.17, 15) is 9.59 Å². The zero-order chi connectivity index (χ0) is 34.2. The average molecular weight is 658 g/mol. The van der Waals surface area contributed by atoms with Gasteiger partial charge in [0, 0.05) is 24.6 Å². The van der Waals surface area contributed by atoms with Gasteiger partial charge in [0.15, 0.2) is 5.82 Å². The van der Waals surface area contributed by atoms with Crippen LogP contribution in [0.25, 0.3) is 0 Å². The molecule has 256 valence electrons. The van der Waals surface area contributed by atoms with Gasteiger partial charge in [-0.1, -0.05) is 19.9 Å². The van der Waals surface area contributed by atoms with E-state index < -0.39 is 11.7 Å². The number of ether oxygens (including phenoxy) is 3. The van der Waals surface area contributed by atoms with Gasteiger partial charge in [0.25, 0.3) is 6.47 Å². The second-order valence-electron chi connectivity index (χ2n) is 13.7. The highest BCUT2D eigenvalue weighted by Crippen LogP contribution is 2.48. The van der Waals surface area contributed by atoms with Crippen LogP contribution in [0.3, 0.4) is 0 Å². The Labute approximate surface area is 280 Å². The molecule has 1 unspecified atom stereocenters. The van der Waals surface area contributed by atoms with E-state index in [4.69, 9.17) is 19.4 Å². The summed E-state index contributed by atoms with van der Waals surface area (Å²) >= 11 is 1.95. The van der Waals surface area contributed by atoms with Gasteiger partial charge in [0.2, 0.25) is 0 Å². The third kappa shape index (κ3) is 9.73. The summed E-state index contributed by atoms with van der Waals surface area (Å²) in [5.41, 5.74) is 2.81. The molecule has 0 saturated carbocycles. The summed E-state index contributed by atoms with van der Waals surface area (Å²) in [5, 5.41) is 0.